The van der Waals surface area contributed by atoms with E-state index in [1.54, 1.807) is 18.3 Å². The molecule has 28 heavy (non-hydrogen) atoms. The van der Waals surface area contributed by atoms with Crippen LogP contribution in [0, 0.1) is 12.7 Å². The molecule has 2 aromatic heterocycles. The van der Waals surface area contributed by atoms with Gasteiger partial charge in [0.15, 0.2) is 0 Å². The molecule has 4 aromatic rings. The van der Waals surface area contributed by atoms with E-state index in [9.17, 15) is 4.39 Å². The molecule has 0 unspecified atom stereocenters. The first kappa shape index (κ1) is 18.2. The molecule has 0 aliphatic heterocycles. The third-order valence-electron chi connectivity index (χ3n) is 4.39. The fourth-order valence-electron chi connectivity index (χ4n) is 2.95. The van der Waals surface area contributed by atoms with Crippen LogP contribution in [0.5, 0.6) is 0 Å². The smallest absolute Gasteiger partial charge is 0.142 e. The molecule has 0 atom stereocenters. The zero-order valence-electron chi connectivity index (χ0n) is 15.1. The number of aromatic nitrogens is 2. The van der Waals surface area contributed by atoms with E-state index in [1.165, 1.54) is 12.1 Å². The summed E-state index contributed by atoms with van der Waals surface area (Å²) in [6.45, 7) is 2.27. The lowest BCUT2D eigenvalue weighted by Gasteiger charge is -2.02. The normalized spacial score (nSPS) is 11.4. The Morgan fingerprint density at radius 2 is 1.86 bits per heavy atom. The highest BCUT2D eigenvalue weighted by Gasteiger charge is 2.14. The predicted molar refractivity (Wildman–Crippen MR) is 109 cm³/mol. The first-order valence-electron chi connectivity index (χ1n) is 8.75. The maximum absolute atomic E-state index is 13.0. The van der Waals surface area contributed by atoms with Crippen LogP contribution in [0.25, 0.3) is 16.9 Å². The standard InChI is InChI=1S/C22H17ClFN3O/c1-15-3-2-12-27-20(13-25-28-14-16-4-10-19(24)11-5-16)21(26-22(15)27)17-6-8-18(23)9-7-17/h2-13H,14H2,1H3/b25-13-. The van der Waals surface area contributed by atoms with Crippen LogP contribution >= 0.6 is 11.6 Å². The van der Waals surface area contributed by atoms with E-state index in [0.29, 0.717) is 5.02 Å². The monoisotopic (exact) mass is 393 g/mol. The van der Waals surface area contributed by atoms with Gasteiger partial charge in [0, 0.05) is 16.8 Å². The second-order valence-electron chi connectivity index (χ2n) is 6.37. The summed E-state index contributed by atoms with van der Waals surface area (Å²) < 4.78 is 15.0. The van der Waals surface area contributed by atoms with Crippen molar-refractivity contribution in [3.8, 4) is 11.3 Å². The van der Waals surface area contributed by atoms with Crippen LogP contribution in [-0.4, -0.2) is 15.6 Å². The average Bonchev–Trinajstić information content (AvgIpc) is 3.07. The van der Waals surface area contributed by atoms with Crippen LogP contribution in [0.3, 0.4) is 0 Å². The number of hydrogen-bond acceptors (Lipinski definition) is 3. The molecular formula is C22H17ClFN3O. The molecular weight excluding hydrogens is 377 g/mol. The minimum Gasteiger partial charge on any atom is -0.391 e. The molecule has 0 spiro atoms. The second-order valence-corrected chi connectivity index (χ2v) is 6.81. The van der Waals surface area contributed by atoms with Crippen molar-refractivity contribution >= 4 is 23.5 Å². The number of rotatable bonds is 5. The van der Waals surface area contributed by atoms with E-state index >= 15 is 0 Å². The van der Waals surface area contributed by atoms with Gasteiger partial charge in [0.2, 0.25) is 0 Å². The Balaban J connectivity index is 1.66. The van der Waals surface area contributed by atoms with Gasteiger partial charge in [-0.15, -0.1) is 0 Å². The Kier molecular flexibility index (Phi) is 5.08. The van der Waals surface area contributed by atoms with Crippen molar-refractivity contribution in [1.82, 2.24) is 9.38 Å². The fourth-order valence-corrected chi connectivity index (χ4v) is 3.07. The lowest BCUT2D eigenvalue weighted by molar-refractivity contribution is 0.132. The van der Waals surface area contributed by atoms with Gasteiger partial charge in [0.1, 0.15) is 18.1 Å². The van der Waals surface area contributed by atoms with Gasteiger partial charge in [-0.1, -0.05) is 47.1 Å². The fraction of sp³-hybridized carbons (Fsp3) is 0.0909. The van der Waals surface area contributed by atoms with Gasteiger partial charge in [0.05, 0.1) is 17.6 Å². The molecule has 0 radical (unpaired) electrons. The van der Waals surface area contributed by atoms with Crippen molar-refractivity contribution in [2.75, 3.05) is 0 Å². The van der Waals surface area contributed by atoms with E-state index < -0.39 is 0 Å². The largest absolute Gasteiger partial charge is 0.391 e. The molecule has 4 rings (SSSR count). The Labute approximate surface area is 166 Å². The minimum atomic E-state index is -0.277. The zero-order chi connectivity index (χ0) is 19.5. The molecule has 140 valence electrons. The third-order valence-corrected chi connectivity index (χ3v) is 4.65. The van der Waals surface area contributed by atoms with E-state index in [2.05, 4.69) is 5.16 Å². The second kappa shape index (κ2) is 7.82. The van der Waals surface area contributed by atoms with E-state index in [-0.39, 0.29) is 12.4 Å². The van der Waals surface area contributed by atoms with Gasteiger partial charge in [-0.3, -0.25) is 4.40 Å². The van der Waals surface area contributed by atoms with Crippen molar-refractivity contribution in [2.24, 2.45) is 5.16 Å². The van der Waals surface area contributed by atoms with E-state index in [4.69, 9.17) is 21.4 Å². The highest BCUT2D eigenvalue weighted by atomic mass is 35.5. The molecule has 4 nitrogen and oxygen atoms in total. The maximum atomic E-state index is 13.0. The SMILES string of the molecule is Cc1cccn2c(/C=N\OCc3ccc(F)cc3)c(-c3ccc(Cl)cc3)nc12. The van der Waals surface area contributed by atoms with Crippen LogP contribution in [0.15, 0.2) is 72.0 Å². The summed E-state index contributed by atoms with van der Waals surface area (Å²) >= 11 is 6.02. The Bertz CT molecular complexity index is 1140. The number of hydrogen-bond donors (Lipinski definition) is 0. The van der Waals surface area contributed by atoms with Crippen LogP contribution in [0.2, 0.25) is 5.02 Å². The van der Waals surface area contributed by atoms with Gasteiger partial charge in [0.25, 0.3) is 0 Å². The van der Waals surface area contributed by atoms with E-state index in [1.807, 2.05) is 53.9 Å². The van der Waals surface area contributed by atoms with Crippen molar-refractivity contribution in [2.45, 2.75) is 13.5 Å². The summed E-state index contributed by atoms with van der Waals surface area (Å²) in [4.78, 5) is 10.2. The van der Waals surface area contributed by atoms with Gasteiger partial charge >= 0.3 is 0 Å². The van der Waals surface area contributed by atoms with Crippen LogP contribution < -0.4 is 0 Å². The maximum Gasteiger partial charge on any atom is 0.142 e. The quantitative estimate of drug-likeness (QED) is 0.324. The van der Waals surface area contributed by atoms with Crippen molar-refractivity contribution < 1.29 is 9.23 Å². The highest BCUT2D eigenvalue weighted by molar-refractivity contribution is 6.30. The number of nitrogens with zero attached hydrogens (tertiary/aromatic N) is 3. The number of halogens is 2. The van der Waals surface area contributed by atoms with Gasteiger partial charge in [-0.05, 0) is 48.4 Å². The number of aryl methyl sites for hydroxylation is 1. The summed E-state index contributed by atoms with van der Waals surface area (Å²) in [5.41, 5.74) is 5.29. The van der Waals surface area contributed by atoms with Gasteiger partial charge in [-0.25, -0.2) is 9.37 Å². The summed E-state index contributed by atoms with van der Waals surface area (Å²) in [5.74, 6) is -0.277. The number of imidazole rings is 1. The summed E-state index contributed by atoms with van der Waals surface area (Å²) in [6, 6.07) is 17.6. The molecule has 0 amide bonds. The number of benzene rings is 2. The minimum absolute atomic E-state index is 0.253. The van der Waals surface area contributed by atoms with Gasteiger partial charge in [-0.2, -0.15) is 0 Å². The Morgan fingerprint density at radius 3 is 2.61 bits per heavy atom. The first-order valence-corrected chi connectivity index (χ1v) is 9.13. The van der Waals surface area contributed by atoms with Crippen molar-refractivity contribution in [1.29, 1.82) is 0 Å². The topological polar surface area (TPSA) is 38.9 Å². The molecule has 0 N–H and O–H groups in total. The molecule has 0 aliphatic rings. The average molecular weight is 394 g/mol. The summed E-state index contributed by atoms with van der Waals surface area (Å²) in [6.07, 6.45) is 3.59. The Hall–Kier alpha value is -3.18. The summed E-state index contributed by atoms with van der Waals surface area (Å²) in [7, 11) is 0. The molecule has 0 aliphatic carbocycles. The van der Waals surface area contributed by atoms with Crippen LogP contribution in [-0.2, 0) is 11.4 Å². The zero-order valence-corrected chi connectivity index (χ0v) is 15.9. The molecule has 0 bridgehead atoms. The predicted octanol–water partition coefficient (Wildman–Crippen LogP) is 5.65. The Morgan fingerprint density at radius 1 is 1.11 bits per heavy atom. The van der Waals surface area contributed by atoms with Gasteiger partial charge < -0.3 is 4.84 Å². The molecule has 0 saturated carbocycles. The highest BCUT2D eigenvalue weighted by Crippen LogP contribution is 2.26. The summed E-state index contributed by atoms with van der Waals surface area (Å²) in [5, 5.41) is 4.78. The lowest BCUT2D eigenvalue weighted by Crippen LogP contribution is -1.95. The van der Waals surface area contributed by atoms with Crippen molar-refractivity contribution in [3.05, 3.63) is 94.5 Å². The molecule has 0 saturated heterocycles. The first-order chi connectivity index (χ1) is 13.6. The number of oxime groups is 1. The van der Waals surface area contributed by atoms with Crippen LogP contribution in [0.1, 0.15) is 16.8 Å². The number of fused-ring (bicyclic) bond motifs is 1. The lowest BCUT2D eigenvalue weighted by atomic mass is 10.1. The van der Waals surface area contributed by atoms with Crippen molar-refractivity contribution in [3.63, 3.8) is 0 Å². The molecule has 0 fully saturated rings. The third kappa shape index (κ3) is 3.75. The van der Waals surface area contributed by atoms with E-state index in [0.717, 1.165) is 33.7 Å². The molecule has 6 heteroatoms. The number of pyridine rings is 1. The molecule has 2 heterocycles. The van der Waals surface area contributed by atoms with Crippen LogP contribution in [0.4, 0.5) is 4.39 Å². The molecule has 2 aromatic carbocycles.